The molecule has 21 heavy (non-hydrogen) atoms. The predicted molar refractivity (Wildman–Crippen MR) is 77.9 cm³/mol. The van der Waals surface area contributed by atoms with Crippen LogP contribution in [-0.4, -0.2) is 66.0 Å². The third-order valence-corrected chi connectivity index (χ3v) is 3.70. The minimum absolute atomic E-state index is 0.0689. The van der Waals surface area contributed by atoms with Crippen molar-refractivity contribution in [1.82, 2.24) is 15.1 Å². The second-order valence-electron chi connectivity index (χ2n) is 5.41. The molecule has 0 aromatic carbocycles. The molecule has 1 saturated heterocycles. The van der Waals surface area contributed by atoms with Gasteiger partial charge in [-0.2, -0.15) is 0 Å². The van der Waals surface area contributed by atoms with Crippen molar-refractivity contribution in [2.75, 3.05) is 33.2 Å². The molecular weight excluding hydrogens is 274 g/mol. The summed E-state index contributed by atoms with van der Waals surface area (Å²) in [5.74, 6) is -0.737. The van der Waals surface area contributed by atoms with Crippen molar-refractivity contribution in [2.24, 2.45) is 5.92 Å². The molecule has 0 aliphatic carbocycles. The van der Waals surface area contributed by atoms with Crippen LogP contribution >= 0.6 is 0 Å². The number of carboxylic acids is 1. The maximum atomic E-state index is 12.4. The molecule has 3 amide bonds. The largest absolute Gasteiger partial charge is 0.481 e. The Balaban J connectivity index is 2.52. The molecule has 0 bridgehead atoms. The molecule has 0 saturated carbocycles. The molecule has 0 aromatic rings. The van der Waals surface area contributed by atoms with Crippen molar-refractivity contribution in [3.63, 3.8) is 0 Å². The third kappa shape index (κ3) is 5.61. The number of urea groups is 1. The van der Waals surface area contributed by atoms with Crippen molar-refractivity contribution < 1.29 is 19.5 Å². The van der Waals surface area contributed by atoms with Crippen molar-refractivity contribution in [3.05, 3.63) is 0 Å². The zero-order valence-corrected chi connectivity index (χ0v) is 12.8. The molecule has 7 nitrogen and oxygen atoms in total. The first-order valence-electron chi connectivity index (χ1n) is 7.44. The maximum absolute atomic E-state index is 12.4. The molecule has 1 aliphatic heterocycles. The van der Waals surface area contributed by atoms with E-state index >= 15 is 0 Å². The van der Waals surface area contributed by atoms with Gasteiger partial charge in [-0.1, -0.05) is 6.92 Å². The summed E-state index contributed by atoms with van der Waals surface area (Å²) in [6.45, 7) is 3.79. The first-order chi connectivity index (χ1) is 9.97. The third-order valence-electron chi connectivity index (χ3n) is 3.70. The lowest BCUT2D eigenvalue weighted by molar-refractivity contribution is -0.137. The molecule has 0 spiro atoms. The summed E-state index contributed by atoms with van der Waals surface area (Å²) in [7, 11) is 1.55. The highest BCUT2D eigenvalue weighted by atomic mass is 16.4. The number of aliphatic carboxylic acids is 1. The number of likely N-dealkylation sites (N-methyl/N-ethyl adjacent to an activating group) is 1. The van der Waals surface area contributed by atoms with Gasteiger partial charge in [-0.3, -0.25) is 9.59 Å². The summed E-state index contributed by atoms with van der Waals surface area (Å²) >= 11 is 0. The summed E-state index contributed by atoms with van der Waals surface area (Å²) in [6, 6.07) is -0.127. The topological polar surface area (TPSA) is 90.0 Å². The van der Waals surface area contributed by atoms with Gasteiger partial charge in [-0.05, 0) is 25.2 Å². The number of hydrogen-bond acceptors (Lipinski definition) is 3. The number of hydrogen-bond donors (Lipinski definition) is 2. The molecule has 0 aromatic heterocycles. The van der Waals surface area contributed by atoms with E-state index in [1.165, 1.54) is 0 Å². The first kappa shape index (κ1) is 17.3. The van der Waals surface area contributed by atoms with E-state index < -0.39 is 5.97 Å². The molecule has 2 N–H and O–H groups in total. The van der Waals surface area contributed by atoms with Gasteiger partial charge in [-0.25, -0.2) is 4.79 Å². The smallest absolute Gasteiger partial charge is 0.320 e. The second-order valence-corrected chi connectivity index (χ2v) is 5.41. The fourth-order valence-corrected chi connectivity index (χ4v) is 2.53. The van der Waals surface area contributed by atoms with Crippen LogP contribution in [0.3, 0.4) is 0 Å². The summed E-state index contributed by atoms with van der Waals surface area (Å²) < 4.78 is 0. The average Bonchev–Trinajstić information content (AvgIpc) is 2.92. The molecule has 1 heterocycles. The van der Waals surface area contributed by atoms with E-state index in [4.69, 9.17) is 5.11 Å². The zero-order chi connectivity index (χ0) is 15.8. The summed E-state index contributed by atoms with van der Waals surface area (Å²) in [5.41, 5.74) is 0. The molecule has 1 atom stereocenters. The van der Waals surface area contributed by atoms with Crippen LogP contribution in [0.2, 0.25) is 0 Å². The fraction of sp³-hybridized carbons (Fsp3) is 0.786. The molecule has 0 radical (unpaired) electrons. The minimum Gasteiger partial charge on any atom is -0.481 e. The van der Waals surface area contributed by atoms with Crippen LogP contribution in [0.5, 0.6) is 0 Å². The van der Waals surface area contributed by atoms with Gasteiger partial charge < -0.3 is 20.2 Å². The molecule has 120 valence electrons. The number of carbonyl (C=O) groups is 3. The predicted octanol–water partition coefficient (Wildman–Crippen LogP) is 0.751. The van der Waals surface area contributed by atoms with Crippen LogP contribution in [-0.2, 0) is 9.59 Å². The summed E-state index contributed by atoms with van der Waals surface area (Å²) in [5, 5.41) is 11.2. The Bertz CT molecular complexity index is 386. The highest BCUT2D eigenvalue weighted by Gasteiger charge is 2.29. The number of rotatable bonds is 7. The minimum atomic E-state index is -0.799. The molecule has 1 unspecified atom stereocenters. The summed E-state index contributed by atoms with van der Waals surface area (Å²) in [4.78, 5) is 37.8. The van der Waals surface area contributed by atoms with Gasteiger partial charge in [-0.15, -0.1) is 0 Å². The number of nitrogens with zero attached hydrogens (tertiary/aromatic N) is 2. The monoisotopic (exact) mass is 299 g/mol. The van der Waals surface area contributed by atoms with Crippen LogP contribution in [0.15, 0.2) is 0 Å². The van der Waals surface area contributed by atoms with Crippen molar-refractivity contribution in [3.8, 4) is 0 Å². The van der Waals surface area contributed by atoms with E-state index in [0.717, 1.165) is 12.8 Å². The lowest BCUT2D eigenvalue weighted by Gasteiger charge is -2.27. The van der Waals surface area contributed by atoms with Crippen LogP contribution in [0.4, 0.5) is 4.79 Å². The van der Waals surface area contributed by atoms with Crippen LogP contribution < -0.4 is 5.32 Å². The second kappa shape index (κ2) is 8.49. The van der Waals surface area contributed by atoms with E-state index in [-0.39, 0.29) is 30.8 Å². The molecule has 1 fully saturated rings. The van der Waals surface area contributed by atoms with E-state index in [1.807, 2.05) is 6.92 Å². The first-order valence-corrected chi connectivity index (χ1v) is 7.44. The quantitative estimate of drug-likeness (QED) is 0.726. The number of likely N-dealkylation sites (tertiary alicyclic amines) is 1. The maximum Gasteiger partial charge on any atom is 0.320 e. The van der Waals surface area contributed by atoms with Gasteiger partial charge in [0.15, 0.2) is 0 Å². The molecule has 1 rings (SSSR count). The zero-order valence-electron chi connectivity index (χ0n) is 12.8. The number of carbonyl (C=O) groups excluding carboxylic acids is 2. The lowest BCUT2D eigenvalue weighted by Crippen LogP contribution is -2.46. The van der Waals surface area contributed by atoms with Crippen molar-refractivity contribution in [2.45, 2.75) is 32.6 Å². The van der Waals surface area contributed by atoms with Crippen molar-refractivity contribution in [1.29, 1.82) is 0 Å². The van der Waals surface area contributed by atoms with Gasteiger partial charge in [0.2, 0.25) is 5.91 Å². The highest BCUT2D eigenvalue weighted by Crippen LogP contribution is 2.22. The fourth-order valence-electron chi connectivity index (χ4n) is 2.53. The van der Waals surface area contributed by atoms with E-state index in [9.17, 15) is 14.4 Å². The normalized spacial score (nSPS) is 17.6. The van der Waals surface area contributed by atoms with E-state index in [1.54, 1.807) is 16.8 Å². The van der Waals surface area contributed by atoms with Crippen LogP contribution in [0.1, 0.15) is 32.6 Å². The van der Waals surface area contributed by atoms with Crippen LogP contribution in [0.25, 0.3) is 0 Å². The average molecular weight is 299 g/mol. The Labute approximate surface area is 125 Å². The number of nitrogens with one attached hydrogen (secondary N) is 1. The SMILES string of the molecule is CCCN(CC(=O)NC)C(=O)N1CCC(CCC(=O)O)C1. The summed E-state index contributed by atoms with van der Waals surface area (Å²) in [6.07, 6.45) is 2.37. The Kier molecular flexibility index (Phi) is 6.98. The number of carboxylic acid groups (broad SMARTS) is 1. The van der Waals surface area contributed by atoms with Crippen LogP contribution in [0, 0.1) is 5.92 Å². The Morgan fingerprint density at radius 2 is 2.10 bits per heavy atom. The highest BCUT2D eigenvalue weighted by molar-refractivity contribution is 5.84. The van der Waals surface area contributed by atoms with Gasteiger partial charge in [0.05, 0.1) is 0 Å². The molecular formula is C14H25N3O4. The standard InChI is InChI=1S/C14H25N3O4/c1-3-7-16(10-12(18)15-2)14(21)17-8-6-11(9-17)4-5-13(19)20/h11H,3-10H2,1-2H3,(H,15,18)(H,19,20). The van der Waals surface area contributed by atoms with Gasteiger partial charge in [0.25, 0.3) is 0 Å². The van der Waals surface area contributed by atoms with Gasteiger partial charge in [0, 0.05) is 33.1 Å². The molecule has 1 aliphatic rings. The number of amides is 3. The Hall–Kier alpha value is -1.79. The van der Waals surface area contributed by atoms with E-state index in [0.29, 0.717) is 26.1 Å². The molecule has 7 heteroatoms. The van der Waals surface area contributed by atoms with Crippen molar-refractivity contribution >= 4 is 17.9 Å². The van der Waals surface area contributed by atoms with Gasteiger partial charge in [0.1, 0.15) is 6.54 Å². The Morgan fingerprint density at radius 3 is 2.67 bits per heavy atom. The Morgan fingerprint density at radius 1 is 1.38 bits per heavy atom. The lowest BCUT2D eigenvalue weighted by atomic mass is 10.0. The van der Waals surface area contributed by atoms with E-state index in [2.05, 4.69) is 5.32 Å². The van der Waals surface area contributed by atoms with Gasteiger partial charge >= 0.3 is 12.0 Å².